The quantitative estimate of drug-likeness (QED) is 0.164. The van der Waals surface area contributed by atoms with Gasteiger partial charge in [0.2, 0.25) is 0 Å². The van der Waals surface area contributed by atoms with Gasteiger partial charge in [-0.1, -0.05) is 152 Å². The van der Waals surface area contributed by atoms with Crippen molar-refractivity contribution in [3.63, 3.8) is 0 Å². The molecule has 12 aromatic rings. The smallest absolute Gasteiger partial charge is 0.167 e. The molecule has 3 heterocycles. The first-order valence-corrected chi connectivity index (χ1v) is 19.4. The van der Waals surface area contributed by atoms with Gasteiger partial charge in [-0.15, -0.1) is 0 Å². The molecule has 0 aliphatic carbocycles. The summed E-state index contributed by atoms with van der Waals surface area (Å²) < 4.78 is 12.9. The van der Waals surface area contributed by atoms with Gasteiger partial charge in [0.1, 0.15) is 22.3 Å². The van der Waals surface area contributed by atoms with Crippen molar-refractivity contribution in [3.8, 4) is 56.4 Å². The molecule has 58 heavy (non-hydrogen) atoms. The van der Waals surface area contributed by atoms with Crippen LogP contribution in [-0.2, 0) is 0 Å². The lowest BCUT2D eigenvalue weighted by Gasteiger charge is -2.11. The van der Waals surface area contributed by atoms with Gasteiger partial charge in [0.15, 0.2) is 17.5 Å². The van der Waals surface area contributed by atoms with Gasteiger partial charge in [-0.05, 0) is 80.2 Å². The number of hydrogen-bond donors (Lipinski definition) is 0. The summed E-state index contributed by atoms with van der Waals surface area (Å²) in [7, 11) is 0. The molecule has 0 aliphatic heterocycles. The molecule has 0 spiro atoms. The lowest BCUT2D eigenvalue weighted by Crippen LogP contribution is -2.00. The minimum Gasteiger partial charge on any atom is -0.456 e. The molecule has 0 saturated carbocycles. The van der Waals surface area contributed by atoms with Crippen LogP contribution in [0.25, 0.3) is 122 Å². The predicted octanol–water partition coefficient (Wildman–Crippen LogP) is 14.3. The summed E-state index contributed by atoms with van der Waals surface area (Å²) in [5.41, 5.74) is 10.4. The van der Waals surface area contributed by atoms with Crippen LogP contribution in [-0.4, -0.2) is 15.0 Å². The van der Waals surface area contributed by atoms with Crippen LogP contribution in [0.15, 0.2) is 197 Å². The molecule has 12 rings (SSSR count). The van der Waals surface area contributed by atoms with Crippen molar-refractivity contribution in [1.82, 2.24) is 15.0 Å². The van der Waals surface area contributed by atoms with E-state index >= 15 is 0 Å². The lowest BCUT2D eigenvalue weighted by molar-refractivity contribution is 0.669. The molecule has 0 amide bonds. The molecule has 0 bridgehead atoms. The Labute approximate surface area is 332 Å². The maximum atomic E-state index is 6.48. The normalized spacial score (nSPS) is 11.8. The number of hydrogen-bond acceptors (Lipinski definition) is 5. The summed E-state index contributed by atoms with van der Waals surface area (Å²) in [5.74, 6) is 1.74. The van der Waals surface area contributed by atoms with Crippen LogP contribution in [0.2, 0.25) is 0 Å². The van der Waals surface area contributed by atoms with Crippen molar-refractivity contribution >= 4 is 65.4 Å². The minimum atomic E-state index is 0.558. The van der Waals surface area contributed by atoms with E-state index in [0.29, 0.717) is 17.5 Å². The van der Waals surface area contributed by atoms with Crippen LogP contribution in [0.4, 0.5) is 0 Å². The highest BCUT2D eigenvalue weighted by Gasteiger charge is 2.19. The number of rotatable bonds is 5. The molecule has 270 valence electrons. The molecule has 9 aromatic carbocycles. The molecule has 0 N–H and O–H groups in total. The zero-order valence-electron chi connectivity index (χ0n) is 31.1. The third-order valence-electron chi connectivity index (χ3n) is 11.3. The number of benzene rings is 9. The number of nitrogens with zero attached hydrogens (tertiary/aromatic N) is 3. The lowest BCUT2D eigenvalue weighted by atomic mass is 9.92. The second-order valence-corrected chi connectivity index (χ2v) is 14.7. The second-order valence-electron chi connectivity index (χ2n) is 14.7. The summed E-state index contributed by atoms with van der Waals surface area (Å²) >= 11 is 0. The number of furan rings is 2. The van der Waals surface area contributed by atoms with Gasteiger partial charge in [0.25, 0.3) is 0 Å². The highest BCUT2D eigenvalue weighted by Crippen LogP contribution is 2.42. The van der Waals surface area contributed by atoms with Gasteiger partial charge >= 0.3 is 0 Å². The Kier molecular flexibility index (Phi) is 7.16. The Bertz CT molecular complexity index is 3570. The van der Waals surface area contributed by atoms with Crippen LogP contribution in [0, 0.1) is 0 Å². The zero-order valence-corrected chi connectivity index (χ0v) is 31.1. The van der Waals surface area contributed by atoms with Crippen molar-refractivity contribution in [1.29, 1.82) is 0 Å². The van der Waals surface area contributed by atoms with Crippen molar-refractivity contribution in [3.05, 3.63) is 188 Å². The molecule has 0 atom stereocenters. The first kappa shape index (κ1) is 32.4. The van der Waals surface area contributed by atoms with Gasteiger partial charge in [-0.2, -0.15) is 0 Å². The minimum absolute atomic E-state index is 0.558. The Balaban J connectivity index is 0.984. The van der Waals surface area contributed by atoms with E-state index in [2.05, 4.69) is 127 Å². The van der Waals surface area contributed by atoms with Crippen molar-refractivity contribution in [2.45, 2.75) is 0 Å². The van der Waals surface area contributed by atoms with Crippen LogP contribution in [0.1, 0.15) is 0 Å². The Morgan fingerprint density at radius 2 is 0.879 bits per heavy atom. The first-order valence-electron chi connectivity index (χ1n) is 19.4. The molecule has 0 radical (unpaired) electrons. The molecule has 5 nitrogen and oxygen atoms in total. The van der Waals surface area contributed by atoms with E-state index < -0.39 is 0 Å². The highest BCUT2D eigenvalue weighted by molar-refractivity contribution is 6.17. The maximum Gasteiger partial charge on any atom is 0.167 e. The van der Waals surface area contributed by atoms with E-state index in [9.17, 15) is 0 Å². The molecule has 3 aromatic heterocycles. The molecule has 0 saturated heterocycles. The first-order chi connectivity index (χ1) is 28.7. The molecule has 0 unspecified atom stereocenters. The Morgan fingerprint density at radius 1 is 0.293 bits per heavy atom. The summed E-state index contributed by atoms with van der Waals surface area (Å²) in [5, 5.41) is 9.23. The van der Waals surface area contributed by atoms with Crippen molar-refractivity contribution in [2.24, 2.45) is 0 Å². The number of fused-ring (bicyclic) bond motifs is 9. The Morgan fingerprint density at radius 3 is 1.72 bits per heavy atom. The fraction of sp³-hybridized carbons (Fsp3) is 0. The van der Waals surface area contributed by atoms with E-state index in [0.717, 1.165) is 77.3 Å². The SMILES string of the molecule is c1ccc(-c2nc(-c3ccc(-c4cccc5oc6ccc(-c7cc8ccccc8c8ccccc78)cc6c45)cc3)nc(-c3cccc4c3oc3ccccc34)n2)cc1. The van der Waals surface area contributed by atoms with Crippen molar-refractivity contribution < 1.29 is 8.83 Å². The average Bonchev–Trinajstić information content (AvgIpc) is 3.87. The van der Waals surface area contributed by atoms with Gasteiger partial charge in [0, 0.05) is 32.7 Å². The Hall–Kier alpha value is -7.89. The van der Waals surface area contributed by atoms with Gasteiger partial charge in [0.05, 0.1) is 5.56 Å². The third-order valence-corrected chi connectivity index (χ3v) is 11.3. The highest BCUT2D eigenvalue weighted by atomic mass is 16.3. The van der Waals surface area contributed by atoms with Crippen molar-refractivity contribution in [2.75, 3.05) is 0 Å². The van der Waals surface area contributed by atoms with E-state index in [1.807, 2.05) is 60.7 Å². The van der Waals surface area contributed by atoms with Crippen LogP contribution in [0.5, 0.6) is 0 Å². The van der Waals surface area contributed by atoms with Gasteiger partial charge < -0.3 is 8.83 Å². The number of aromatic nitrogens is 3. The van der Waals surface area contributed by atoms with Crippen LogP contribution in [0.3, 0.4) is 0 Å². The maximum absolute atomic E-state index is 6.48. The van der Waals surface area contributed by atoms with Crippen LogP contribution < -0.4 is 0 Å². The average molecular weight is 742 g/mol. The van der Waals surface area contributed by atoms with Crippen LogP contribution >= 0.6 is 0 Å². The van der Waals surface area contributed by atoms with E-state index in [-0.39, 0.29) is 0 Å². The van der Waals surface area contributed by atoms with E-state index in [1.54, 1.807) is 0 Å². The summed E-state index contributed by atoms with van der Waals surface area (Å²) in [6.07, 6.45) is 0. The molecular weight excluding hydrogens is 711 g/mol. The molecular formula is C53H31N3O2. The van der Waals surface area contributed by atoms with E-state index in [1.165, 1.54) is 27.1 Å². The standard InChI is InChI=1S/C53H31N3O2/c1-2-12-33(13-3-1)51-54-52(56-53(55-51)43-21-10-20-42-41-18-8-9-22-46(41)58-50(42)43)34-26-24-32(25-27-34)38-19-11-23-48-49(38)45-31-36(28-29-47(45)57-48)44-30-35-14-4-5-15-37(35)39-16-6-7-17-40(39)44/h1-31H. The second kappa shape index (κ2) is 12.8. The molecule has 0 aliphatic rings. The summed E-state index contributed by atoms with van der Waals surface area (Å²) in [4.78, 5) is 15.1. The molecule has 0 fully saturated rings. The van der Waals surface area contributed by atoms with Gasteiger partial charge in [-0.3, -0.25) is 0 Å². The molecule has 5 heteroatoms. The monoisotopic (exact) mass is 741 g/mol. The fourth-order valence-corrected chi connectivity index (χ4v) is 8.59. The predicted molar refractivity (Wildman–Crippen MR) is 237 cm³/mol. The largest absolute Gasteiger partial charge is 0.456 e. The topological polar surface area (TPSA) is 65.0 Å². The third kappa shape index (κ3) is 5.14. The fourth-order valence-electron chi connectivity index (χ4n) is 8.59. The summed E-state index contributed by atoms with van der Waals surface area (Å²) in [6, 6.07) is 65.2. The summed E-state index contributed by atoms with van der Waals surface area (Å²) in [6.45, 7) is 0. The van der Waals surface area contributed by atoms with Gasteiger partial charge in [-0.25, -0.2) is 15.0 Å². The van der Waals surface area contributed by atoms with E-state index in [4.69, 9.17) is 23.8 Å². The number of para-hydroxylation sites is 2. The zero-order chi connectivity index (χ0) is 38.2.